The van der Waals surface area contributed by atoms with E-state index in [1.165, 1.54) is 0 Å². The Bertz CT molecular complexity index is 334. The van der Waals surface area contributed by atoms with Crippen molar-refractivity contribution in [3.63, 3.8) is 0 Å². The van der Waals surface area contributed by atoms with Crippen LogP contribution in [-0.2, 0) is 6.42 Å². The van der Waals surface area contributed by atoms with Crippen LogP contribution in [0.3, 0.4) is 0 Å². The number of fused-ring (bicyclic) bond motifs is 1. The van der Waals surface area contributed by atoms with Crippen LogP contribution in [0.2, 0.25) is 0 Å². The SMILES string of the molecule is CC1(N)COc2ccc(O)cc2C1. The van der Waals surface area contributed by atoms with Crippen molar-refractivity contribution in [1.82, 2.24) is 0 Å². The summed E-state index contributed by atoms with van der Waals surface area (Å²) in [5.41, 5.74) is 6.60. The summed E-state index contributed by atoms with van der Waals surface area (Å²) in [7, 11) is 0. The van der Waals surface area contributed by atoms with E-state index in [0.717, 1.165) is 17.7 Å². The van der Waals surface area contributed by atoms with Crippen LogP contribution in [0.25, 0.3) is 0 Å². The molecule has 0 fully saturated rings. The first-order valence-corrected chi connectivity index (χ1v) is 4.30. The van der Waals surface area contributed by atoms with E-state index < -0.39 is 0 Å². The predicted molar refractivity (Wildman–Crippen MR) is 49.9 cm³/mol. The lowest BCUT2D eigenvalue weighted by Gasteiger charge is -2.31. The molecule has 1 aliphatic heterocycles. The van der Waals surface area contributed by atoms with Gasteiger partial charge in [-0.2, -0.15) is 0 Å². The third-order valence-corrected chi connectivity index (χ3v) is 2.20. The smallest absolute Gasteiger partial charge is 0.122 e. The van der Waals surface area contributed by atoms with E-state index >= 15 is 0 Å². The lowest BCUT2D eigenvalue weighted by atomic mass is 9.92. The molecular weight excluding hydrogens is 166 g/mol. The fourth-order valence-electron chi connectivity index (χ4n) is 1.57. The van der Waals surface area contributed by atoms with Crippen LogP contribution < -0.4 is 10.5 Å². The van der Waals surface area contributed by atoms with Crippen molar-refractivity contribution in [2.45, 2.75) is 18.9 Å². The molecule has 3 nitrogen and oxygen atoms in total. The van der Waals surface area contributed by atoms with E-state index in [9.17, 15) is 5.11 Å². The van der Waals surface area contributed by atoms with E-state index in [0.29, 0.717) is 6.61 Å². The van der Waals surface area contributed by atoms with Crippen LogP contribution in [0.15, 0.2) is 18.2 Å². The Balaban J connectivity index is 2.38. The van der Waals surface area contributed by atoms with Gasteiger partial charge in [-0.15, -0.1) is 0 Å². The van der Waals surface area contributed by atoms with Crippen molar-refractivity contribution in [3.05, 3.63) is 23.8 Å². The number of hydrogen-bond acceptors (Lipinski definition) is 3. The maximum Gasteiger partial charge on any atom is 0.122 e. The molecule has 1 aromatic rings. The molecule has 0 radical (unpaired) electrons. The number of aromatic hydroxyl groups is 1. The topological polar surface area (TPSA) is 55.5 Å². The molecule has 3 N–H and O–H groups in total. The van der Waals surface area contributed by atoms with Gasteiger partial charge in [0.05, 0.1) is 5.54 Å². The van der Waals surface area contributed by atoms with Gasteiger partial charge in [-0.25, -0.2) is 0 Å². The van der Waals surface area contributed by atoms with Gasteiger partial charge in [0.1, 0.15) is 18.1 Å². The molecule has 1 atom stereocenters. The van der Waals surface area contributed by atoms with Gasteiger partial charge < -0.3 is 15.6 Å². The summed E-state index contributed by atoms with van der Waals surface area (Å²) in [4.78, 5) is 0. The fourth-order valence-corrected chi connectivity index (χ4v) is 1.57. The fraction of sp³-hybridized carbons (Fsp3) is 0.400. The number of phenols is 1. The Hall–Kier alpha value is -1.22. The summed E-state index contributed by atoms with van der Waals surface area (Å²) < 4.78 is 5.46. The second-order valence-corrected chi connectivity index (χ2v) is 3.91. The van der Waals surface area contributed by atoms with Gasteiger partial charge in [-0.05, 0) is 37.1 Å². The molecule has 0 saturated carbocycles. The molecule has 0 saturated heterocycles. The second kappa shape index (κ2) is 2.64. The first kappa shape index (κ1) is 8.38. The Kier molecular flexibility index (Phi) is 1.70. The maximum atomic E-state index is 9.26. The molecule has 1 aliphatic rings. The minimum atomic E-state index is -0.319. The Morgan fingerprint density at radius 2 is 2.31 bits per heavy atom. The van der Waals surface area contributed by atoms with Crippen molar-refractivity contribution in [2.24, 2.45) is 5.73 Å². The average Bonchev–Trinajstić information content (AvgIpc) is 2.01. The van der Waals surface area contributed by atoms with Crippen molar-refractivity contribution in [3.8, 4) is 11.5 Å². The molecule has 1 heterocycles. The Morgan fingerprint density at radius 1 is 1.54 bits per heavy atom. The summed E-state index contributed by atoms with van der Waals surface area (Å²) in [6.07, 6.45) is 0.747. The molecule has 70 valence electrons. The number of nitrogens with two attached hydrogens (primary N) is 1. The van der Waals surface area contributed by atoms with Crippen molar-refractivity contribution >= 4 is 0 Å². The van der Waals surface area contributed by atoms with Crippen molar-refractivity contribution in [1.29, 1.82) is 0 Å². The summed E-state index contributed by atoms with van der Waals surface area (Å²) in [5, 5.41) is 9.26. The van der Waals surface area contributed by atoms with E-state index in [1.54, 1.807) is 18.2 Å². The molecule has 1 aromatic carbocycles. The quantitative estimate of drug-likeness (QED) is 0.625. The van der Waals surface area contributed by atoms with Gasteiger partial charge in [-0.1, -0.05) is 0 Å². The summed E-state index contributed by atoms with van der Waals surface area (Å²) in [6.45, 7) is 2.48. The van der Waals surface area contributed by atoms with Crippen molar-refractivity contribution in [2.75, 3.05) is 6.61 Å². The van der Waals surface area contributed by atoms with Gasteiger partial charge in [0.15, 0.2) is 0 Å². The summed E-state index contributed by atoms with van der Waals surface area (Å²) in [5.74, 6) is 1.10. The molecule has 3 heteroatoms. The average molecular weight is 179 g/mol. The third-order valence-electron chi connectivity index (χ3n) is 2.20. The highest BCUT2D eigenvalue weighted by Gasteiger charge is 2.27. The van der Waals surface area contributed by atoms with Crippen LogP contribution >= 0.6 is 0 Å². The number of phenolic OH excluding ortho intramolecular Hbond substituents is 1. The third kappa shape index (κ3) is 1.60. The molecule has 2 rings (SSSR count). The van der Waals surface area contributed by atoms with Gasteiger partial charge in [0, 0.05) is 0 Å². The molecule has 1 unspecified atom stereocenters. The molecular formula is C10H13NO2. The zero-order valence-corrected chi connectivity index (χ0v) is 7.58. The minimum absolute atomic E-state index is 0.264. The maximum absolute atomic E-state index is 9.26. The first-order chi connectivity index (χ1) is 6.07. The zero-order chi connectivity index (χ0) is 9.47. The highest BCUT2D eigenvalue weighted by molar-refractivity contribution is 5.42. The molecule has 0 aliphatic carbocycles. The highest BCUT2D eigenvalue weighted by atomic mass is 16.5. The van der Waals surface area contributed by atoms with E-state index in [1.807, 2.05) is 6.92 Å². The van der Waals surface area contributed by atoms with E-state index in [4.69, 9.17) is 10.5 Å². The Morgan fingerprint density at radius 3 is 3.08 bits per heavy atom. The number of ether oxygens (including phenoxy) is 1. The zero-order valence-electron chi connectivity index (χ0n) is 7.58. The van der Waals surface area contributed by atoms with Gasteiger partial charge >= 0.3 is 0 Å². The van der Waals surface area contributed by atoms with Crippen LogP contribution in [0.1, 0.15) is 12.5 Å². The monoisotopic (exact) mass is 179 g/mol. The molecule has 13 heavy (non-hydrogen) atoms. The number of rotatable bonds is 0. The van der Waals surface area contributed by atoms with Crippen LogP contribution in [0, 0.1) is 0 Å². The minimum Gasteiger partial charge on any atom is -0.508 e. The van der Waals surface area contributed by atoms with Crippen molar-refractivity contribution < 1.29 is 9.84 Å². The van der Waals surface area contributed by atoms with Gasteiger partial charge in [-0.3, -0.25) is 0 Å². The largest absolute Gasteiger partial charge is 0.508 e. The van der Waals surface area contributed by atoms with E-state index in [2.05, 4.69) is 0 Å². The van der Waals surface area contributed by atoms with E-state index in [-0.39, 0.29) is 11.3 Å². The number of hydrogen-bond donors (Lipinski definition) is 2. The predicted octanol–water partition coefficient (Wildman–Crippen LogP) is 1.04. The molecule has 0 aromatic heterocycles. The molecule has 0 spiro atoms. The lowest BCUT2D eigenvalue weighted by molar-refractivity contribution is 0.204. The number of benzene rings is 1. The standard InChI is InChI=1S/C10H13NO2/c1-10(11)5-7-4-8(12)2-3-9(7)13-6-10/h2-4,12H,5-6,11H2,1H3. The van der Waals surface area contributed by atoms with Crippen LogP contribution in [-0.4, -0.2) is 17.3 Å². The van der Waals surface area contributed by atoms with Gasteiger partial charge in [0.2, 0.25) is 0 Å². The van der Waals surface area contributed by atoms with Crippen LogP contribution in [0.4, 0.5) is 0 Å². The highest BCUT2D eigenvalue weighted by Crippen LogP contribution is 2.30. The van der Waals surface area contributed by atoms with Gasteiger partial charge in [0.25, 0.3) is 0 Å². The Labute approximate surface area is 77.1 Å². The normalized spacial score (nSPS) is 26.3. The second-order valence-electron chi connectivity index (χ2n) is 3.91. The lowest BCUT2D eigenvalue weighted by Crippen LogP contribution is -2.46. The van der Waals surface area contributed by atoms with Crippen LogP contribution in [0.5, 0.6) is 11.5 Å². The summed E-state index contributed by atoms with van der Waals surface area (Å²) >= 11 is 0. The summed E-state index contributed by atoms with van der Waals surface area (Å²) in [6, 6.07) is 5.11. The first-order valence-electron chi connectivity index (χ1n) is 4.30. The molecule has 0 amide bonds. The molecule has 0 bridgehead atoms.